The Hall–Kier alpha value is -1.66. The Bertz CT molecular complexity index is 503. The number of hydrogen-bond donors (Lipinski definition) is 1. The number of rotatable bonds is 8. The largest absolute Gasteiger partial charge is 0.393 e. The molecule has 6 nitrogen and oxygen atoms in total. The lowest BCUT2D eigenvalue weighted by atomic mass is 10.1. The van der Waals surface area contributed by atoms with Crippen LogP contribution in [-0.2, 0) is 11.3 Å². The molecule has 0 saturated heterocycles. The maximum atomic E-state index is 11.0. The van der Waals surface area contributed by atoms with Gasteiger partial charge in [-0.15, -0.1) is 0 Å². The molecule has 0 amide bonds. The Labute approximate surface area is 125 Å². The molecule has 0 aliphatic heterocycles. The Morgan fingerprint density at radius 3 is 2.81 bits per heavy atom. The number of anilines is 1. The molecule has 0 spiro atoms. The van der Waals surface area contributed by atoms with Crippen molar-refractivity contribution in [1.29, 1.82) is 0 Å². The monoisotopic (exact) mass is 293 g/mol. The Morgan fingerprint density at radius 1 is 1.52 bits per heavy atom. The first-order valence-electron chi connectivity index (χ1n) is 7.28. The Kier molecular flexibility index (Phi) is 5.14. The number of benzene rings is 1. The van der Waals surface area contributed by atoms with Crippen molar-refractivity contribution in [2.45, 2.75) is 32.4 Å². The first-order chi connectivity index (χ1) is 10.0. The van der Waals surface area contributed by atoms with Gasteiger partial charge >= 0.3 is 0 Å². The van der Waals surface area contributed by atoms with Gasteiger partial charge in [-0.05, 0) is 37.3 Å². The van der Waals surface area contributed by atoms with E-state index in [0.717, 1.165) is 18.0 Å². The number of ether oxygens (including phenoxy) is 1. The van der Waals surface area contributed by atoms with Crippen LogP contribution in [0, 0.1) is 16.0 Å². The van der Waals surface area contributed by atoms with Crippen LogP contribution in [0.2, 0.25) is 0 Å². The van der Waals surface area contributed by atoms with E-state index in [-0.39, 0.29) is 11.4 Å². The minimum absolute atomic E-state index is 0.0155. The predicted molar refractivity (Wildman–Crippen MR) is 82.0 cm³/mol. The fraction of sp³-hybridized carbons (Fsp3) is 0.600. The molecule has 21 heavy (non-hydrogen) atoms. The lowest BCUT2D eigenvalue weighted by molar-refractivity contribution is -0.384. The van der Waals surface area contributed by atoms with Crippen molar-refractivity contribution in [2.75, 3.05) is 26.0 Å². The van der Waals surface area contributed by atoms with E-state index in [1.54, 1.807) is 19.2 Å². The summed E-state index contributed by atoms with van der Waals surface area (Å²) < 4.78 is 5.17. The number of nitrogen functional groups attached to an aromatic ring is 1. The van der Waals surface area contributed by atoms with Gasteiger partial charge in [-0.1, -0.05) is 6.07 Å². The fourth-order valence-corrected chi connectivity index (χ4v) is 2.59. The molecule has 0 aromatic heterocycles. The van der Waals surface area contributed by atoms with Crippen molar-refractivity contribution < 1.29 is 9.66 Å². The average Bonchev–Trinajstić information content (AvgIpc) is 3.28. The topological polar surface area (TPSA) is 81.6 Å². The van der Waals surface area contributed by atoms with Crippen molar-refractivity contribution in [2.24, 2.45) is 5.92 Å². The van der Waals surface area contributed by atoms with Crippen molar-refractivity contribution in [3.8, 4) is 0 Å². The third kappa shape index (κ3) is 4.15. The third-order valence-electron chi connectivity index (χ3n) is 4.14. The fourth-order valence-electron chi connectivity index (χ4n) is 2.59. The summed E-state index contributed by atoms with van der Waals surface area (Å²) in [6.07, 6.45) is 2.54. The Balaban J connectivity index is 2.11. The van der Waals surface area contributed by atoms with E-state index in [9.17, 15) is 10.1 Å². The standard InChI is InChI=1S/C15H23N3O3/c1-11(13-4-5-13)17(7-8-21-2)10-12-3-6-14(16)15(9-12)18(19)20/h3,6,9,11,13H,4-5,7-8,10,16H2,1-2H3. The van der Waals surface area contributed by atoms with Gasteiger partial charge in [0.2, 0.25) is 0 Å². The maximum absolute atomic E-state index is 11.0. The van der Waals surface area contributed by atoms with Gasteiger partial charge in [0.1, 0.15) is 5.69 Å². The quantitative estimate of drug-likeness (QED) is 0.452. The highest BCUT2D eigenvalue weighted by atomic mass is 16.6. The molecule has 116 valence electrons. The van der Waals surface area contributed by atoms with Crippen molar-refractivity contribution in [1.82, 2.24) is 4.90 Å². The van der Waals surface area contributed by atoms with Gasteiger partial charge in [0.05, 0.1) is 11.5 Å². The average molecular weight is 293 g/mol. The molecule has 2 rings (SSSR count). The summed E-state index contributed by atoms with van der Waals surface area (Å²) in [4.78, 5) is 12.9. The highest BCUT2D eigenvalue weighted by Gasteiger charge is 2.32. The van der Waals surface area contributed by atoms with Crippen LogP contribution < -0.4 is 5.73 Å². The normalized spacial score (nSPS) is 16.1. The maximum Gasteiger partial charge on any atom is 0.292 e. The number of nitrogens with zero attached hydrogens (tertiary/aromatic N) is 2. The van der Waals surface area contributed by atoms with Gasteiger partial charge in [0.15, 0.2) is 0 Å². The molecule has 1 fully saturated rings. The zero-order chi connectivity index (χ0) is 15.4. The highest BCUT2D eigenvalue weighted by molar-refractivity contribution is 5.59. The van der Waals surface area contributed by atoms with Gasteiger partial charge in [0.25, 0.3) is 5.69 Å². The van der Waals surface area contributed by atoms with Crippen LogP contribution in [0.3, 0.4) is 0 Å². The molecule has 1 unspecified atom stereocenters. The zero-order valence-electron chi connectivity index (χ0n) is 12.6. The van der Waals surface area contributed by atoms with Crippen LogP contribution in [-0.4, -0.2) is 36.1 Å². The van der Waals surface area contributed by atoms with Crippen molar-refractivity contribution >= 4 is 11.4 Å². The Morgan fingerprint density at radius 2 is 2.24 bits per heavy atom. The molecule has 2 N–H and O–H groups in total. The van der Waals surface area contributed by atoms with Gasteiger partial charge in [-0.25, -0.2) is 0 Å². The van der Waals surface area contributed by atoms with Gasteiger partial charge in [-0.2, -0.15) is 0 Å². The summed E-state index contributed by atoms with van der Waals surface area (Å²) in [5.41, 5.74) is 6.76. The van der Waals surface area contributed by atoms with E-state index in [0.29, 0.717) is 19.2 Å². The molecule has 1 aliphatic rings. The predicted octanol–water partition coefficient (Wildman–Crippen LogP) is 2.42. The minimum Gasteiger partial charge on any atom is -0.393 e. The smallest absolute Gasteiger partial charge is 0.292 e. The summed E-state index contributed by atoms with van der Waals surface area (Å²) >= 11 is 0. The van der Waals surface area contributed by atoms with Gasteiger partial charge in [-0.3, -0.25) is 15.0 Å². The van der Waals surface area contributed by atoms with Crippen LogP contribution in [0.1, 0.15) is 25.3 Å². The molecule has 0 bridgehead atoms. The molecule has 1 atom stereocenters. The summed E-state index contributed by atoms with van der Waals surface area (Å²) in [6.45, 7) is 4.39. The number of nitro groups is 1. The molecule has 0 heterocycles. The number of hydrogen-bond acceptors (Lipinski definition) is 5. The number of nitrogens with two attached hydrogens (primary N) is 1. The molecule has 1 aromatic rings. The minimum atomic E-state index is -0.428. The summed E-state index contributed by atoms with van der Waals surface area (Å²) in [7, 11) is 1.69. The van der Waals surface area contributed by atoms with E-state index in [4.69, 9.17) is 10.5 Å². The SMILES string of the molecule is COCCN(Cc1ccc(N)c([N+](=O)[O-])c1)C(C)C1CC1. The summed E-state index contributed by atoms with van der Waals surface area (Å²) in [6, 6.07) is 5.53. The second-order valence-electron chi connectivity index (χ2n) is 5.69. The molecule has 1 saturated carbocycles. The molecule has 1 aliphatic carbocycles. The van der Waals surface area contributed by atoms with E-state index in [1.165, 1.54) is 12.8 Å². The van der Waals surface area contributed by atoms with Gasteiger partial charge in [0, 0.05) is 32.3 Å². The first-order valence-corrected chi connectivity index (χ1v) is 7.28. The van der Waals surface area contributed by atoms with Crippen LogP contribution in [0.5, 0.6) is 0 Å². The third-order valence-corrected chi connectivity index (χ3v) is 4.14. The van der Waals surface area contributed by atoms with Gasteiger partial charge < -0.3 is 10.5 Å². The first kappa shape index (κ1) is 15.7. The summed E-state index contributed by atoms with van der Waals surface area (Å²) in [5, 5.41) is 11.0. The summed E-state index contributed by atoms with van der Waals surface area (Å²) in [5.74, 6) is 0.741. The second-order valence-corrected chi connectivity index (χ2v) is 5.69. The molecule has 1 aromatic carbocycles. The van der Waals surface area contributed by atoms with Crippen LogP contribution >= 0.6 is 0 Å². The lowest BCUT2D eigenvalue weighted by Gasteiger charge is -2.29. The van der Waals surface area contributed by atoms with Crippen molar-refractivity contribution in [3.05, 3.63) is 33.9 Å². The van der Waals surface area contributed by atoms with Crippen LogP contribution in [0.4, 0.5) is 11.4 Å². The molecular weight excluding hydrogens is 270 g/mol. The van der Waals surface area contributed by atoms with Crippen LogP contribution in [0.15, 0.2) is 18.2 Å². The van der Waals surface area contributed by atoms with Crippen molar-refractivity contribution in [3.63, 3.8) is 0 Å². The van der Waals surface area contributed by atoms with E-state index < -0.39 is 4.92 Å². The van der Waals surface area contributed by atoms with E-state index in [2.05, 4.69) is 11.8 Å². The number of nitro benzene ring substituents is 1. The highest BCUT2D eigenvalue weighted by Crippen LogP contribution is 2.35. The van der Waals surface area contributed by atoms with E-state index >= 15 is 0 Å². The number of methoxy groups -OCH3 is 1. The zero-order valence-corrected chi connectivity index (χ0v) is 12.6. The van der Waals surface area contributed by atoms with E-state index in [1.807, 2.05) is 6.07 Å². The lowest BCUT2D eigenvalue weighted by Crippen LogP contribution is -2.36. The molecular formula is C15H23N3O3. The van der Waals surface area contributed by atoms with Crippen LogP contribution in [0.25, 0.3) is 0 Å². The molecule has 0 radical (unpaired) electrons. The molecule has 6 heteroatoms. The second kappa shape index (κ2) is 6.87.